The maximum Gasteiger partial charge on any atom is 0.306 e. The number of hydrogen-bond donors (Lipinski definition) is 1. The summed E-state index contributed by atoms with van der Waals surface area (Å²) in [6, 6.07) is 2.58. The molecule has 21 heavy (non-hydrogen) atoms. The van der Waals surface area contributed by atoms with Gasteiger partial charge in [0.25, 0.3) is 0 Å². The number of esters is 1. The number of carbonyl (C=O) groups excluding carboxylic acids is 1. The summed E-state index contributed by atoms with van der Waals surface area (Å²) in [5, 5.41) is 0. The van der Waals surface area contributed by atoms with E-state index in [2.05, 4.69) is 15.9 Å². The van der Waals surface area contributed by atoms with Gasteiger partial charge in [-0.15, -0.1) is 0 Å². The first-order valence-corrected chi connectivity index (χ1v) is 7.62. The standard InChI is InChI=1S/C15H21BrFNO3/c1-4-21-15(19)6-9(2)5-13(18)10-7-11(16)12(17)8-14(10)20-3/h7-9,13H,4-6,18H2,1-3H3. The second kappa shape index (κ2) is 8.34. The van der Waals surface area contributed by atoms with Crippen LogP contribution in [0.5, 0.6) is 5.75 Å². The SMILES string of the molecule is CCOC(=O)CC(C)CC(N)c1cc(Br)c(F)cc1OC. The fourth-order valence-corrected chi connectivity index (χ4v) is 2.52. The fourth-order valence-electron chi connectivity index (χ4n) is 2.16. The molecule has 0 aliphatic carbocycles. The van der Waals surface area contributed by atoms with E-state index in [1.54, 1.807) is 13.0 Å². The van der Waals surface area contributed by atoms with Gasteiger partial charge in [0.05, 0.1) is 18.2 Å². The lowest BCUT2D eigenvalue weighted by Gasteiger charge is -2.19. The largest absolute Gasteiger partial charge is 0.496 e. The van der Waals surface area contributed by atoms with Crippen molar-refractivity contribution in [1.29, 1.82) is 0 Å². The van der Waals surface area contributed by atoms with Crippen LogP contribution in [0.25, 0.3) is 0 Å². The average Bonchev–Trinajstić information content (AvgIpc) is 2.41. The molecule has 118 valence electrons. The molecule has 0 aliphatic heterocycles. The Hall–Kier alpha value is -1.14. The Balaban J connectivity index is 2.77. The molecule has 2 N–H and O–H groups in total. The first-order valence-electron chi connectivity index (χ1n) is 6.83. The summed E-state index contributed by atoms with van der Waals surface area (Å²) in [5.74, 6) is -0.161. The van der Waals surface area contributed by atoms with Crippen molar-refractivity contribution in [2.45, 2.75) is 32.7 Å². The molecule has 2 atom stereocenters. The first kappa shape index (κ1) is 17.9. The molecule has 1 aromatic carbocycles. The van der Waals surface area contributed by atoms with E-state index in [0.717, 1.165) is 0 Å². The summed E-state index contributed by atoms with van der Waals surface area (Å²) < 4.78 is 23.9. The number of carbonyl (C=O) groups is 1. The minimum absolute atomic E-state index is 0.0626. The van der Waals surface area contributed by atoms with E-state index in [0.29, 0.717) is 35.2 Å². The summed E-state index contributed by atoms with van der Waals surface area (Å²) in [6.07, 6.45) is 0.888. The van der Waals surface area contributed by atoms with Crippen LogP contribution in [-0.2, 0) is 9.53 Å². The lowest BCUT2D eigenvalue weighted by Crippen LogP contribution is -2.18. The van der Waals surface area contributed by atoms with E-state index in [9.17, 15) is 9.18 Å². The van der Waals surface area contributed by atoms with Crippen LogP contribution in [-0.4, -0.2) is 19.7 Å². The van der Waals surface area contributed by atoms with Gasteiger partial charge >= 0.3 is 5.97 Å². The highest BCUT2D eigenvalue weighted by molar-refractivity contribution is 9.10. The fraction of sp³-hybridized carbons (Fsp3) is 0.533. The van der Waals surface area contributed by atoms with Crippen molar-refractivity contribution in [1.82, 2.24) is 0 Å². The van der Waals surface area contributed by atoms with Gasteiger partial charge in [0, 0.05) is 24.1 Å². The molecule has 1 rings (SSSR count). The lowest BCUT2D eigenvalue weighted by molar-refractivity contribution is -0.144. The van der Waals surface area contributed by atoms with Gasteiger partial charge in [0.1, 0.15) is 11.6 Å². The van der Waals surface area contributed by atoms with Gasteiger partial charge in [0.2, 0.25) is 0 Å². The van der Waals surface area contributed by atoms with Crippen molar-refractivity contribution < 1.29 is 18.7 Å². The van der Waals surface area contributed by atoms with E-state index in [1.165, 1.54) is 13.2 Å². The highest BCUT2D eigenvalue weighted by atomic mass is 79.9. The van der Waals surface area contributed by atoms with Gasteiger partial charge in [-0.05, 0) is 41.3 Å². The summed E-state index contributed by atoms with van der Waals surface area (Å²) in [7, 11) is 1.47. The lowest BCUT2D eigenvalue weighted by atomic mass is 9.94. The van der Waals surface area contributed by atoms with Crippen LogP contribution in [0.2, 0.25) is 0 Å². The van der Waals surface area contributed by atoms with Gasteiger partial charge < -0.3 is 15.2 Å². The molecular weight excluding hydrogens is 341 g/mol. The molecule has 0 heterocycles. The maximum atomic E-state index is 13.5. The zero-order chi connectivity index (χ0) is 16.0. The minimum atomic E-state index is -0.401. The molecule has 0 amide bonds. The number of nitrogens with two attached hydrogens (primary N) is 1. The van der Waals surface area contributed by atoms with Crippen LogP contribution in [0.4, 0.5) is 4.39 Å². The molecule has 0 aromatic heterocycles. The van der Waals surface area contributed by atoms with Gasteiger partial charge in [-0.2, -0.15) is 0 Å². The third-order valence-corrected chi connectivity index (χ3v) is 3.76. The van der Waals surface area contributed by atoms with Crippen molar-refractivity contribution in [3.63, 3.8) is 0 Å². The van der Waals surface area contributed by atoms with Crippen LogP contribution >= 0.6 is 15.9 Å². The zero-order valence-corrected chi connectivity index (χ0v) is 14.1. The number of rotatable bonds is 7. The molecule has 0 saturated heterocycles. The normalized spacial score (nSPS) is 13.6. The van der Waals surface area contributed by atoms with Crippen LogP contribution < -0.4 is 10.5 Å². The highest BCUT2D eigenvalue weighted by Crippen LogP contribution is 2.33. The van der Waals surface area contributed by atoms with E-state index in [-0.39, 0.29) is 17.9 Å². The quantitative estimate of drug-likeness (QED) is 0.754. The predicted octanol–water partition coefficient (Wildman–Crippen LogP) is 3.58. The van der Waals surface area contributed by atoms with Crippen molar-refractivity contribution in [2.24, 2.45) is 11.7 Å². The molecule has 0 bridgehead atoms. The minimum Gasteiger partial charge on any atom is -0.496 e. The molecule has 0 spiro atoms. The monoisotopic (exact) mass is 361 g/mol. The van der Waals surface area contributed by atoms with Crippen LogP contribution in [0.1, 0.15) is 38.3 Å². The molecule has 0 radical (unpaired) electrons. The Kier molecular flexibility index (Phi) is 7.11. The van der Waals surface area contributed by atoms with Gasteiger partial charge in [-0.1, -0.05) is 6.92 Å². The first-order chi connectivity index (χ1) is 9.88. The second-order valence-electron chi connectivity index (χ2n) is 4.96. The Morgan fingerprint density at radius 2 is 2.14 bits per heavy atom. The Labute approximate surface area is 132 Å². The van der Waals surface area contributed by atoms with Gasteiger partial charge in [-0.25, -0.2) is 4.39 Å². The predicted molar refractivity (Wildman–Crippen MR) is 82.6 cm³/mol. The Bertz CT molecular complexity index is 496. The third kappa shape index (κ3) is 5.28. The highest BCUT2D eigenvalue weighted by Gasteiger charge is 2.19. The number of benzene rings is 1. The summed E-state index contributed by atoms with van der Waals surface area (Å²) in [4.78, 5) is 11.4. The van der Waals surface area contributed by atoms with Crippen LogP contribution in [0.3, 0.4) is 0 Å². The maximum absolute atomic E-state index is 13.5. The van der Waals surface area contributed by atoms with Crippen molar-refractivity contribution in [2.75, 3.05) is 13.7 Å². The van der Waals surface area contributed by atoms with Crippen molar-refractivity contribution in [3.05, 3.63) is 28.0 Å². The summed E-state index contributed by atoms with van der Waals surface area (Å²) in [6.45, 7) is 4.08. The third-order valence-electron chi connectivity index (χ3n) is 3.15. The molecule has 6 heteroatoms. The van der Waals surface area contributed by atoms with Crippen molar-refractivity contribution in [3.8, 4) is 5.75 Å². The molecule has 0 aliphatic rings. The van der Waals surface area contributed by atoms with Gasteiger partial charge in [0.15, 0.2) is 0 Å². The summed E-state index contributed by atoms with van der Waals surface area (Å²) in [5.41, 5.74) is 6.88. The average molecular weight is 362 g/mol. The van der Waals surface area contributed by atoms with E-state index >= 15 is 0 Å². The molecule has 1 aromatic rings. The molecular formula is C15H21BrFNO3. The van der Waals surface area contributed by atoms with Crippen LogP contribution in [0.15, 0.2) is 16.6 Å². The molecule has 2 unspecified atom stereocenters. The summed E-state index contributed by atoms with van der Waals surface area (Å²) >= 11 is 3.14. The number of methoxy groups -OCH3 is 1. The number of ether oxygens (including phenoxy) is 2. The van der Waals surface area contributed by atoms with E-state index in [1.807, 2.05) is 6.92 Å². The number of hydrogen-bond acceptors (Lipinski definition) is 4. The smallest absolute Gasteiger partial charge is 0.306 e. The number of halogens is 2. The zero-order valence-electron chi connectivity index (χ0n) is 12.5. The second-order valence-corrected chi connectivity index (χ2v) is 5.82. The molecule has 0 fully saturated rings. The molecule has 0 saturated carbocycles. The van der Waals surface area contributed by atoms with E-state index in [4.69, 9.17) is 15.2 Å². The Morgan fingerprint density at radius 1 is 1.48 bits per heavy atom. The van der Waals surface area contributed by atoms with Crippen LogP contribution in [0, 0.1) is 11.7 Å². The van der Waals surface area contributed by atoms with Gasteiger partial charge in [-0.3, -0.25) is 4.79 Å². The molecule has 4 nitrogen and oxygen atoms in total. The van der Waals surface area contributed by atoms with E-state index < -0.39 is 5.82 Å². The van der Waals surface area contributed by atoms with Crippen molar-refractivity contribution >= 4 is 21.9 Å². The topological polar surface area (TPSA) is 61.5 Å². The Morgan fingerprint density at radius 3 is 2.71 bits per heavy atom.